The van der Waals surface area contributed by atoms with E-state index in [2.05, 4.69) is 0 Å². The third-order valence-electron chi connectivity index (χ3n) is 1.72. The molecule has 0 amide bonds. The van der Waals surface area contributed by atoms with Crippen LogP contribution in [0.5, 0.6) is 5.75 Å². The molecule has 0 saturated heterocycles. The van der Waals surface area contributed by atoms with Crippen molar-refractivity contribution in [2.24, 2.45) is 0 Å². The molecule has 3 nitrogen and oxygen atoms in total. The number of carboxylic acids is 1. The van der Waals surface area contributed by atoms with Gasteiger partial charge >= 0.3 is 5.97 Å². The van der Waals surface area contributed by atoms with E-state index in [0.29, 0.717) is 5.75 Å². The minimum Gasteiger partial charge on any atom is -0.497 e. The molecule has 0 heterocycles. The lowest BCUT2D eigenvalue weighted by molar-refractivity contribution is -0.134. The Bertz CT molecular complexity index is 396. The van der Waals surface area contributed by atoms with Crippen molar-refractivity contribution in [1.82, 2.24) is 0 Å². The molecule has 1 aromatic carbocycles. The van der Waals surface area contributed by atoms with Crippen LogP contribution in [0.4, 0.5) is 8.78 Å². The third kappa shape index (κ3) is 2.52. The second-order valence-electron chi connectivity index (χ2n) is 2.66. The van der Waals surface area contributed by atoms with Crippen LogP contribution in [0.2, 0.25) is 0 Å². The van der Waals surface area contributed by atoms with Crippen molar-refractivity contribution in [3.05, 3.63) is 35.7 Å². The molecular formula is C10H8F2O3. The molecule has 0 aliphatic heterocycles. The molecule has 0 aliphatic carbocycles. The fourth-order valence-electron chi connectivity index (χ4n) is 0.958. The SMILES string of the molecule is COc1ccc(/C(F)=C(\F)C(=O)O)cc1. The van der Waals surface area contributed by atoms with Gasteiger partial charge in [0.25, 0.3) is 0 Å². The highest BCUT2D eigenvalue weighted by molar-refractivity contribution is 5.92. The second kappa shape index (κ2) is 4.54. The molecule has 0 fully saturated rings. The highest BCUT2D eigenvalue weighted by Crippen LogP contribution is 2.23. The van der Waals surface area contributed by atoms with Gasteiger partial charge < -0.3 is 9.84 Å². The van der Waals surface area contributed by atoms with Gasteiger partial charge in [0.2, 0.25) is 5.83 Å². The summed E-state index contributed by atoms with van der Waals surface area (Å²) in [6, 6.07) is 5.28. The molecule has 1 N–H and O–H groups in total. The molecular weight excluding hydrogens is 206 g/mol. The number of rotatable bonds is 3. The van der Waals surface area contributed by atoms with Crippen LogP contribution in [0.1, 0.15) is 5.56 Å². The molecule has 0 aromatic heterocycles. The summed E-state index contributed by atoms with van der Waals surface area (Å²) < 4.78 is 30.6. The second-order valence-corrected chi connectivity index (χ2v) is 2.66. The van der Waals surface area contributed by atoms with Crippen molar-refractivity contribution in [2.75, 3.05) is 7.11 Å². The van der Waals surface area contributed by atoms with Crippen LogP contribution >= 0.6 is 0 Å². The van der Waals surface area contributed by atoms with Crippen molar-refractivity contribution in [3.8, 4) is 5.75 Å². The molecule has 0 saturated carbocycles. The van der Waals surface area contributed by atoms with E-state index in [0.717, 1.165) is 0 Å². The lowest BCUT2D eigenvalue weighted by Crippen LogP contribution is -1.97. The summed E-state index contributed by atoms with van der Waals surface area (Å²) >= 11 is 0. The number of carbonyl (C=O) groups is 1. The van der Waals surface area contributed by atoms with E-state index in [-0.39, 0.29) is 5.56 Å². The van der Waals surface area contributed by atoms with Crippen LogP contribution in [-0.4, -0.2) is 18.2 Å². The highest BCUT2D eigenvalue weighted by Gasteiger charge is 2.15. The monoisotopic (exact) mass is 214 g/mol. The van der Waals surface area contributed by atoms with Gasteiger partial charge in [0.05, 0.1) is 7.11 Å². The number of halogens is 2. The first kappa shape index (κ1) is 11.2. The quantitative estimate of drug-likeness (QED) is 0.786. The Hall–Kier alpha value is -1.91. The van der Waals surface area contributed by atoms with Gasteiger partial charge in [-0.15, -0.1) is 0 Å². The first-order chi connectivity index (χ1) is 7.06. The van der Waals surface area contributed by atoms with Crippen LogP contribution in [0, 0.1) is 0 Å². The van der Waals surface area contributed by atoms with Crippen LogP contribution < -0.4 is 4.74 Å². The number of benzene rings is 1. The Morgan fingerprint density at radius 2 is 1.80 bits per heavy atom. The standard InChI is InChI=1S/C10H8F2O3/c1-15-7-4-2-6(3-5-7)8(11)9(12)10(13)14/h2-5H,1H3,(H,13,14)/b9-8+. The minimum absolute atomic E-state index is 0.143. The topological polar surface area (TPSA) is 46.5 Å². The summed E-state index contributed by atoms with van der Waals surface area (Å²) in [5.41, 5.74) is -0.143. The van der Waals surface area contributed by atoms with E-state index in [1.54, 1.807) is 0 Å². The predicted octanol–water partition coefficient (Wildman–Crippen LogP) is 2.39. The number of hydrogen-bond donors (Lipinski definition) is 1. The van der Waals surface area contributed by atoms with Gasteiger partial charge in [0, 0.05) is 5.56 Å². The Morgan fingerprint density at radius 1 is 1.27 bits per heavy atom. The van der Waals surface area contributed by atoms with Crippen molar-refractivity contribution in [1.29, 1.82) is 0 Å². The summed E-state index contributed by atoms with van der Waals surface area (Å²) in [6.07, 6.45) is 0. The molecule has 0 unspecified atom stereocenters. The molecule has 1 aromatic rings. The van der Waals surface area contributed by atoms with Crippen LogP contribution in [0.3, 0.4) is 0 Å². The maximum atomic E-state index is 13.1. The van der Waals surface area contributed by atoms with E-state index in [1.807, 2.05) is 0 Å². The molecule has 15 heavy (non-hydrogen) atoms. The van der Waals surface area contributed by atoms with Gasteiger partial charge in [-0.25, -0.2) is 9.18 Å². The number of aliphatic carboxylic acids is 1. The number of carboxylic acid groups (broad SMARTS) is 1. The largest absolute Gasteiger partial charge is 0.497 e. The fourth-order valence-corrected chi connectivity index (χ4v) is 0.958. The molecule has 0 atom stereocenters. The van der Waals surface area contributed by atoms with Crippen LogP contribution in [-0.2, 0) is 4.79 Å². The number of ether oxygens (including phenoxy) is 1. The third-order valence-corrected chi connectivity index (χ3v) is 1.72. The van der Waals surface area contributed by atoms with Gasteiger partial charge in [-0.3, -0.25) is 0 Å². The Kier molecular flexibility index (Phi) is 3.38. The van der Waals surface area contributed by atoms with Gasteiger partial charge in [0.15, 0.2) is 5.83 Å². The van der Waals surface area contributed by atoms with Gasteiger partial charge in [-0.05, 0) is 24.3 Å². The molecule has 1 rings (SSSR count). The maximum Gasteiger partial charge on any atom is 0.367 e. The molecule has 80 valence electrons. The van der Waals surface area contributed by atoms with Gasteiger partial charge in [-0.2, -0.15) is 4.39 Å². The lowest BCUT2D eigenvalue weighted by atomic mass is 10.2. The zero-order valence-electron chi connectivity index (χ0n) is 7.83. The van der Waals surface area contributed by atoms with Gasteiger partial charge in [-0.1, -0.05) is 0 Å². The molecule has 0 bridgehead atoms. The normalized spacial score (nSPS) is 11.9. The number of hydrogen-bond acceptors (Lipinski definition) is 2. The zero-order valence-corrected chi connectivity index (χ0v) is 7.83. The average molecular weight is 214 g/mol. The summed E-state index contributed by atoms with van der Waals surface area (Å²) in [7, 11) is 1.43. The van der Waals surface area contributed by atoms with Crippen LogP contribution in [0.25, 0.3) is 5.83 Å². The molecule has 0 radical (unpaired) electrons. The Labute approximate surface area is 84.6 Å². The van der Waals surface area contributed by atoms with E-state index in [4.69, 9.17) is 9.84 Å². The predicted molar refractivity (Wildman–Crippen MR) is 49.8 cm³/mol. The lowest BCUT2D eigenvalue weighted by Gasteiger charge is -2.01. The highest BCUT2D eigenvalue weighted by atomic mass is 19.2. The summed E-state index contributed by atoms with van der Waals surface area (Å²) in [6.45, 7) is 0. The molecule has 0 aliphatic rings. The first-order valence-corrected chi connectivity index (χ1v) is 3.99. The van der Waals surface area contributed by atoms with Gasteiger partial charge in [0.1, 0.15) is 5.75 Å². The van der Waals surface area contributed by atoms with Crippen molar-refractivity contribution >= 4 is 11.8 Å². The summed E-state index contributed by atoms with van der Waals surface area (Å²) in [5.74, 6) is -4.66. The maximum absolute atomic E-state index is 13.1. The minimum atomic E-state index is -1.93. The van der Waals surface area contributed by atoms with E-state index < -0.39 is 17.6 Å². The van der Waals surface area contributed by atoms with Crippen LogP contribution in [0.15, 0.2) is 30.1 Å². The van der Waals surface area contributed by atoms with E-state index in [1.165, 1.54) is 31.4 Å². The van der Waals surface area contributed by atoms with Crippen molar-refractivity contribution in [3.63, 3.8) is 0 Å². The van der Waals surface area contributed by atoms with E-state index in [9.17, 15) is 13.6 Å². The van der Waals surface area contributed by atoms with E-state index >= 15 is 0 Å². The zero-order chi connectivity index (χ0) is 11.4. The summed E-state index contributed by atoms with van der Waals surface area (Å²) in [4.78, 5) is 10.1. The molecule has 0 spiro atoms. The summed E-state index contributed by atoms with van der Waals surface area (Å²) in [5, 5.41) is 8.22. The smallest absolute Gasteiger partial charge is 0.367 e. The van der Waals surface area contributed by atoms with Crippen molar-refractivity contribution < 1.29 is 23.4 Å². The Balaban J connectivity index is 3.07. The molecule has 5 heteroatoms. The average Bonchev–Trinajstić information content (AvgIpc) is 2.27. The van der Waals surface area contributed by atoms with Crippen molar-refractivity contribution in [2.45, 2.75) is 0 Å². The first-order valence-electron chi connectivity index (χ1n) is 3.99. The number of methoxy groups -OCH3 is 1. The fraction of sp³-hybridized carbons (Fsp3) is 0.100. The Morgan fingerprint density at radius 3 is 2.20 bits per heavy atom.